The van der Waals surface area contributed by atoms with E-state index < -0.39 is 9.05 Å². The van der Waals surface area contributed by atoms with Crippen LogP contribution in [0, 0.1) is 11.3 Å². The first-order chi connectivity index (χ1) is 7.02. The molecule has 2 rings (SSSR count). The molecule has 5 heteroatoms. The Morgan fingerprint density at radius 2 is 2.07 bits per heavy atom. The lowest BCUT2D eigenvalue weighted by Gasteiger charge is -2.02. The first-order valence-electron chi connectivity index (χ1n) is 4.51. The molecule has 1 fully saturated rings. The van der Waals surface area contributed by atoms with Crippen LogP contribution in [0.2, 0.25) is 0 Å². The average Bonchev–Trinajstić information content (AvgIpc) is 2.98. The van der Waals surface area contributed by atoms with Gasteiger partial charge in [0.1, 0.15) is 11.0 Å². The van der Waals surface area contributed by atoms with Crippen LogP contribution in [0.5, 0.6) is 0 Å². The van der Waals surface area contributed by atoms with Gasteiger partial charge < -0.3 is 0 Å². The maximum atomic E-state index is 11.1. The summed E-state index contributed by atoms with van der Waals surface area (Å²) in [4.78, 5) is -0.101. The Kier molecular flexibility index (Phi) is 2.45. The predicted molar refractivity (Wildman–Crippen MR) is 56.2 cm³/mol. The number of hydrogen-bond acceptors (Lipinski definition) is 3. The van der Waals surface area contributed by atoms with Crippen LogP contribution >= 0.6 is 10.7 Å². The van der Waals surface area contributed by atoms with E-state index in [1.54, 1.807) is 12.1 Å². The first-order valence-corrected chi connectivity index (χ1v) is 6.82. The highest BCUT2D eigenvalue weighted by atomic mass is 35.7. The first kappa shape index (κ1) is 10.5. The molecule has 0 aliphatic heterocycles. The van der Waals surface area contributed by atoms with Gasteiger partial charge in [-0.25, -0.2) is 8.42 Å². The van der Waals surface area contributed by atoms with E-state index in [9.17, 15) is 8.42 Å². The molecule has 0 aromatic heterocycles. The zero-order chi connectivity index (χ0) is 11.1. The summed E-state index contributed by atoms with van der Waals surface area (Å²) in [5, 5.41) is 8.84. The van der Waals surface area contributed by atoms with E-state index in [1.807, 2.05) is 6.07 Å². The van der Waals surface area contributed by atoms with Crippen LogP contribution < -0.4 is 0 Å². The Morgan fingerprint density at radius 1 is 1.40 bits per heavy atom. The van der Waals surface area contributed by atoms with E-state index in [-0.39, 0.29) is 10.5 Å². The molecule has 1 aromatic rings. The fraction of sp³-hybridized carbons (Fsp3) is 0.300. The summed E-state index contributed by atoms with van der Waals surface area (Å²) in [6.07, 6.45) is 2.22. The number of nitriles is 1. The molecule has 1 aliphatic carbocycles. The van der Waals surface area contributed by atoms with Crippen molar-refractivity contribution in [2.24, 2.45) is 0 Å². The minimum Gasteiger partial charge on any atom is -0.207 e. The molecule has 0 unspecified atom stereocenters. The Hall–Kier alpha value is -1.05. The molecule has 0 atom stereocenters. The van der Waals surface area contributed by atoms with E-state index in [0.29, 0.717) is 5.92 Å². The van der Waals surface area contributed by atoms with Crippen LogP contribution in [-0.4, -0.2) is 8.42 Å². The van der Waals surface area contributed by atoms with Crippen molar-refractivity contribution < 1.29 is 8.42 Å². The summed E-state index contributed by atoms with van der Waals surface area (Å²) < 4.78 is 22.2. The summed E-state index contributed by atoms with van der Waals surface area (Å²) in [7, 11) is 1.39. The van der Waals surface area contributed by atoms with Gasteiger partial charge in [0.05, 0.1) is 5.56 Å². The van der Waals surface area contributed by atoms with E-state index in [1.165, 1.54) is 6.07 Å². The molecule has 1 aliphatic rings. The number of halogens is 1. The third kappa shape index (κ3) is 2.14. The molecule has 1 aromatic carbocycles. The molecule has 3 nitrogen and oxygen atoms in total. The summed E-state index contributed by atoms with van der Waals surface area (Å²) in [6.45, 7) is 0. The van der Waals surface area contributed by atoms with Crippen LogP contribution in [0.1, 0.15) is 29.9 Å². The number of nitrogens with zero attached hydrogens (tertiary/aromatic N) is 1. The van der Waals surface area contributed by atoms with Crippen LogP contribution in [0.25, 0.3) is 0 Å². The summed E-state index contributed by atoms with van der Waals surface area (Å²) >= 11 is 0. The fourth-order valence-electron chi connectivity index (χ4n) is 1.52. The Balaban J connectivity index is 2.54. The van der Waals surface area contributed by atoms with Gasteiger partial charge in [-0.05, 0) is 36.5 Å². The van der Waals surface area contributed by atoms with Crippen molar-refractivity contribution in [2.45, 2.75) is 23.7 Å². The SMILES string of the molecule is N#Cc1cc(C2CC2)ccc1S(=O)(=O)Cl. The fourth-order valence-corrected chi connectivity index (χ4v) is 2.52. The Morgan fingerprint density at radius 3 is 2.53 bits per heavy atom. The summed E-state index contributed by atoms with van der Waals surface area (Å²) in [5.74, 6) is 0.490. The van der Waals surface area contributed by atoms with Gasteiger partial charge in [0.15, 0.2) is 0 Å². The van der Waals surface area contributed by atoms with Crippen molar-refractivity contribution in [3.63, 3.8) is 0 Å². The molecule has 15 heavy (non-hydrogen) atoms. The van der Waals surface area contributed by atoms with Crippen LogP contribution in [0.3, 0.4) is 0 Å². The molecule has 0 saturated heterocycles. The molecule has 0 heterocycles. The number of rotatable bonds is 2. The van der Waals surface area contributed by atoms with Gasteiger partial charge in [-0.15, -0.1) is 0 Å². The van der Waals surface area contributed by atoms with Crippen molar-refractivity contribution in [2.75, 3.05) is 0 Å². The van der Waals surface area contributed by atoms with Gasteiger partial charge in [-0.1, -0.05) is 6.07 Å². The highest BCUT2D eigenvalue weighted by molar-refractivity contribution is 8.13. The van der Waals surface area contributed by atoms with Crippen LogP contribution in [0.15, 0.2) is 23.1 Å². The molecule has 0 spiro atoms. The van der Waals surface area contributed by atoms with Gasteiger partial charge in [0.2, 0.25) is 0 Å². The largest absolute Gasteiger partial charge is 0.262 e. The van der Waals surface area contributed by atoms with Gasteiger partial charge >= 0.3 is 0 Å². The highest BCUT2D eigenvalue weighted by Crippen LogP contribution is 2.40. The monoisotopic (exact) mass is 241 g/mol. The maximum Gasteiger partial charge on any atom is 0.262 e. The molecule has 0 bridgehead atoms. The lowest BCUT2D eigenvalue weighted by atomic mass is 10.1. The number of benzene rings is 1. The van der Waals surface area contributed by atoms with Gasteiger partial charge in [0, 0.05) is 10.7 Å². The zero-order valence-corrected chi connectivity index (χ0v) is 9.35. The Bertz CT molecular complexity index is 541. The average molecular weight is 242 g/mol. The molecule has 0 amide bonds. The second-order valence-electron chi connectivity index (χ2n) is 3.58. The molecular weight excluding hydrogens is 234 g/mol. The molecule has 0 N–H and O–H groups in total. The van der Waals surface area contributed by atoms with Crippen molar-refractivity contribution in [1.82, 2.24) is 0 Å². The predicted octanol–water partition coefficient (Wildman–Crippen LogP) is 2.36. The Labute approximate surface area is 92.7 Å². The minimum atomic E-state index is -3.82. The molecule has 78 valence electrons. The second kappa shape index (κ2) is 3.51. The topological polar surface area (TPSA) is 57.9 Å². The van der Waals surface area contributed by atoms with Crippen molar-refractivity contribution in [3.8, 4) is 6.07 Å². The van der Waals surface area contributed by atoms with E-state index in [4.69, 9.17) is 15.9 Å². The third-order valence-electron chi connectivity index (χ3n) is 2.44. The standard InChI is InChI=1S/C10H8ClNO2S/c11-15(13,14)10-4-3-8(7-1-2-7)5-9(10)6-12/h3-5,7H,1-2H2. The van der Waals surface area contributed by atoms with Gasteiger partial charge in [0.25, 0.3) is 9.05 Å². The van der Waals surface area contributed by atoms with Crippen LogP contribution in [0.4, 0.5) is 0 Å². The second-order valence-corrected chi connectivity index (χ2v) is 6.11. The highest BCUT2D eigenvalue weighted by Gasteiger charge is 2.25. The summed E-state index contributed by atoms with van der Waals surface area (Å²) in [5.41, 5.74) is 1.16. The van der Waals surface area contributed by atoms with Crippen LogP contribution in [-0.2, 0) is 9.05 Å². The van der Waals surface area contributed by atoms with E-state index in [2.05, 4.69) is 0 Å². The maximum absolute atomic E-state index is 11.1. The van der Waals surface area contributed by atoms with E-state index >= 15 is 0 Å². The van der Waals surface area contributed by atoms with E-state index in [0.717, 1.165) is 18.4 Å². The normalized spacial score (nSPS) is 16.0. The lowest BCUT2D eigenvalue weighted by molar-refractivity contribution is 0.609. The molecule has 0 radical (unpaired) electrons. The van der Waals surface area contributed by atoms with Gasteiger partial charge in [-0.3, -0.25) is 0 Å². The quantitative estimate of drug-likeness (QED) is 0.747. The zero-order valence-electron chi connectivity index (χ0n) is 7.77. The van der Waals surface area contributed by atoms with Crippen molar-refractivity contribution in [1.29, 1.82) is 5.26 Å². The number of hydrogen-bond donors (Lipinski definition) is 0. The van der Waals surface area contributed by atoms with Gasteiger partial charge in [-0.2, -0.15) is 5.26 Å². The minimum absolute atomic E-state index is 0.101. The third-order valence-corrected chi connectivity index (χ3v) is 3.82. The lowest BCUT2D eigenvalue weighted by Crippen LogP contribution is -1.96. The summed E-state index contributed by atoms with van der Waals surface area (Å²) in [6, 6.07) is 6.62. The molecular formula is C10H8ClNO2S. The van der Waals surface area contributed by atoms with Crippen molar-refractivity contribution >= 4 is 19.7 Å². The molecule has 1 saturated carbocycles. The smallest absolute Gasteiger partial charge is 0.207 e. The van der Waals surface area contributed by atoms with Crippen molar-refractivity contribution in [3.05, 3.63) is 29.3 Å².